The quantitative estimate of drug-likeness (QED) is 0.436. The first-order valence-electron chi connectivity index (χ1n) is 10.9. The number of nitrogens with zero attached hydrogens (tertiary/aromatic N) is 2. The maximum absolute atomic E-state index is 13.1. The average molecular weight is 488 g/mol. The van der Waals surface area contributed by atoms with Crippen molar-refractivity contribution in [1.29, 1.82) is 0 Å². The van der Waals surface area contributed by atoms with Crippen molar-refractivity contribution in [2.24, 2.45) is 0 Å². The summed E-state index contributed by atoms with van der Waals surface area (Å²) in [6.07, 6.45) is 0.517. The number of nitrogens with one attached hydrogen (secondary N) is 1. The Bertz CT molecular complexity index is 1290. The molecule has 3 rings (SSSR count). The van der Waals surface area contributed by atoms with Gasteiger partial charge in [-0.1, -0.05) is 23.8 Å². The average Bonchev–Trinajstić information content (AvgIpc) is 2.76. The van der Waals surface area contributed by atoms with Gasteiger partial charge >= 0.3 is 0 Å². The Hall–Kier alpha value is -3.30. The number of ether oxygens (including phenoxy) is 2. The molecule has 0 aliphatic carbocycles. The van der Waals surface area contributed by atoms with Gasteiger partial charge in [-0.25, -0.2) is 14.7 Å². The molecule has 184 valence electrons. The van der Waals surface area contributed by atoms with Crippen LogP contribution >= 0.6 is 0 Å². The fourth-order valence-corrected chi connectivity index (χ4v) is 4.49. The SMILES string of the molecule is CCOCCc1ccc(C(=O)NS(=O)(=O)c2cccc(C)n2)c(Oc2c(C)cc(C)cc2C)n1.[HH].[HH]. The number of hydrogen-bond acceptors (Lipinski definition) is 7. The van der Waals surface area contributed by atoms with Gasteiger partial charge in [0.25, 0.3) is 15.9 Å². The second kappa shape index (κ2) is 10.8. The van der Waals surface area contributed by atoms with E-state index in [4.69, 9.17) is 9.47 Å². The topological polar surface area (TPSA) is 107 Å². The molecule has 0 bridgehead atoms. The number of carbonyl (C=O) groups excluding carboxylic acids is 1. The highest BCUT2D eigenvalue weighted by molar-refractivity contribution is 7.90. The third-order valence-corrected chi connectivity index (χ3v) is 6.27. The van der Waals surface area contributed by atoms with Crippen molar-refractivity contribution in [2.75, 3.05) is 13.2 Å². The highest BCUT2D eigenvalue weighted by Crippen LogP contribution is 2.31. The van der Waals surface area contributed by atoms with E-state index in [0.717, 1.165) is 16.7 Å². The summed E-state index contributed by atoms with van der Waals surface area (Å²) in [5.41, 5.74) is 4.01. The molecular formula is C25H33N3O5S. The van der Waals surface area contributed by atoms with Crippen molar-refractivity contribution in [2.45, 2.75) is 46.1 Å². The second-order valence-electron chi connectivity index (χ2n) is 7.98. The molecule has 3 aromatic rings. The van der Waals surface area contributed by atoms with Crippen LogP contribution in [0, 0.1) is 27.7 Å². The Kier molecular flexibility index (Phi) is 8.01. The molecule has 34 heavy (non-hydrogen) atoms. The lowest BCUT2D eigenvalue weighted by Gasteiger charge is -2.16. The summed E-state index contributed by atoms with van der Waals surface area (Å²) in [5, 5.41) is -0.241. The standard InChI is InChI=1S/C25H29N3O5S.2H2/c1-6-32-13-12-20-10-11-21(24(29)28-34(30,31)22-9-7-8-19(5)26-22)25(27-20)33-23-17(3)14-16(2)15-18(23)4;;/h7-11,14-15H,6,12-13H2,1-5H3,(H,28,29);2*1H. The van der Waals surface area contributed by atoms with Gasteiger partial charge in [0.15, 0.2) is 5.03 Å². The zero-order valence-corrected chi connectivity index (χ0v) is 20.8. The van der Waals surface area contributed by atoms with Crippen molar-refractivity contribution in [3.05, 3.63) is 76.1 Å². The number of aryl methyl sites for hydroxylation is 4. The molecule has 0 spiro atoms. The molecule has 0 aliphatic heterocycles. The molecule has 0 radical (unpaired) electrons. The van der Waals surface area contributed by atoms with Gasteiger partial charge in [-0.05, 0) is 70.0 Å². The number of hydrogen-bond donors (Lipinski definition) is 1. The molecule has 2 heterocycles. The first kappa shape index (κ1) is 25.3. The molecule has 0 saturated carbocycles. The molecule has 8 nitrogen and oxygen atoms in total. The van der Waals surface area contributed by atoms with Crippen LogP contribution in [0.4, 0.5) is 0 Å². The predicted molar refractivity (Wildman–Crippen MR) is 133 cm³/mol. The lowest BCUT2D eigenvalue weighted by molar-refractivity contribution is 0.0978. The fourth-order valence-electron chi connectivity index (χ4n) is 3.51. The summed E-state index contributed by atoms with van der Waals surface area (Å²) in [6, 6.07) is 11.7. The maximum Gasteiger partial charge on any atom is 0.281 e. The molecule has 1 aromatic carbocycles. The summed E-state index contributed by atoms with van der Waals surface area (Å²) in [5.74, 6) is -0.268. The van der Waals surface area contributed by atoms with Crippen molar-refractivity contribution in [3.63, 3.8) is 0 Å². The maximum atomic E-state index is 13.1. The van der Waals surface area contributed by atoms with Gasteiger partial charge in [0.2, 0.25) is 5.88 Å². The molecule has 9 heteroatoms. The third kappa shape index (κ3) is 6.18. The van der Waals surface area contributed by atoms with E-state index in [1.807, 2.05) is 39.8 Å². The van der Waals surface area contributed by atoms with Gasteiger partial charge in [0.1, 0.15) is 11.3 Å². The number of rotatable bonds is 9. The van der Waals surface area contributed by atoms with E-state index in [0.29, 0.717) is 36.8 Å². The minimum atomic E-state index is -4.18. The van der Waals surface area contributed by atoms with Crippen LogP contribution in [0.3, 0.4) is 0 Å². The highest BCUT2D eigenvalue weighted by Gasteiger charge is 2.24. The summed E-state index contributed by atoms with van der Waals surface area (Å²) >= 11 is 0. The Morgan fingerprint density at radius 3 is 2.38 bits per heavy atom. The first-order valence-corrected chi connectivity index (χ1v) is 12.4. The normalized spacial score (nSPS) is 11.3. The second-order valence-corrected chi connectivity index (χ2v) is 9.61. The number of carbonyl (C=O) groups is 1. The number of pyridine rings is 2. The van der Waals surface area contributed by atoms with Crippen LogP contribution in [0.2, 0.25) is 0 Å². The molecular weight excluding hydrogens is 454 g/mol. The lowest BCUT2D eigenvalue weighted by atomic mass is 10.1. The van der Waals surface area contributed by atoms with Gasteiger partial charge in [-0.3, -0.25) is 4.79 Å². The first-order chi connectivity index (χ1) is 16.1. The van der Waals surface area contributed by atoms with Gasteiger partial charge in [0, 0.05) is 27.3 Å². The van der Waals surface area contributed by atoms with Crippen LogP contribution in [-0.2, 0) is 21.2 Å². The van der Waals surface area contributed by atoms with Gasteiger partial charge < -0.3 is 9.47 Å². The molecule has 0 atom stereocenters. The Morgan fingerprint density at radius 2 is 1.74 bits per heavy atom. The van der Waals surface area contributed by atoms with E-state index in [9.17, 15) is 13.2 Å². The van der Waals surface area contributed by atoms with E-state index in [1.54, 1.807) is 25.1 Å². The molecule has 0 saturated heterocycles. The zero-order valence-electron chi connectivity index (χ0n) is 20.0. The third-order valence-electron chi connectivity index (χ3n) is 5.04. The fraction of sp³-hybridized carbons (Fsp3) is 0.320. The van der Waals surface area contributed by atoms with Crippen LogP contribution in [0.1, 0.15) is 48.2 Å². The zero-order chi connectivity index (χ0) is 24.9. The molecule has 2 aromatic heterocycles. The molecule has 0 aliphatic rings. The van der Waals surface area contributed by atoms with E-state index < -0.39 is 15.9 Å². The van der Waals surface area contributed by atoms with Gasteiger partial charge in [0.05, 0.1) is 6.61 Å². The van der Waals surface area contributed by atoms with Crippen LogP contribution in [0.15, 0.2) is 47.5 Å². The summed E-state index contributed by atoms with van der Waals surface area (Å²) in [4.78, 5) is 21.6. The Balaban J connectivity index is 0.00000324. The van der Waals surface area contributed by atoms with Crippen LogP contribution in [0.5, 0.6) is 11.6 Å². The van der Waals surface area contributed by atoms with Gasteiger partial charge in [-0.2, -0.15) is 8.42 Å². The molecule has 1 amide bonds. The highest BCUT2D eigenvalue weighted by atomic mass is 32.2. The predicted octanol–water partition coefficient (Wildman–Crippen LogP) is 4.69. The van der Waals surface area contributed by atoms with E-state index >= 15 is 0 Å². The van der Waals surface area contributed by atoms with Crippen molar-refractivity contribution >= 4 is 15.9 Å². The Labute approximate surface area is 203 Å². The Morgan fingerprint density at radius 1 is 1.03 bits per heavy atom. The summed E-state index contributed by atoms with van der Waals surface area (Å²) in [6.45, 7) is 10.4. The van der Waals surface area contributed by atoms with E-state index in [2.05, 4.69) is 14.7 Å². The summed E-state index contributed by atoms with van der Waals surface area (Å²) in [7, 11) is -4.18. The van der Waals surface area contributed by atoms with E-state index in [1.165, 1.54) is 12.1 Å². The van der Waals surface area contributed by atoms with Crippen molar-refractivity contribution < 1.29 is 25.5 Å². The smallest absolute Gasteiger partial charge is 0.281 e. The lowest BCUT2D eigenvalue weighted by Crippen LogP contribution is -2.31. The largest absolute Gasteiger partial charge is 0.438 e. The number of sulfonamides is 1. The van der Waals surface area contributed by atoms with Crippen molar-refractivity contribution in [1.82, 2.24) is 14.7 Å². The minimum absolute atomic E-state index is 0. The monoisotopic (exact) mass is 487 g/mol. The summed E-state index contributed by atoms with van der Waals surface area (Å²) < 4.78 is 39.1. The van der Waals surface area contributed by atoms with Crippen molar-refractivity contribution in [3.8, 4) is 11.6 Å². The number of amides is 1. The molecule has 0 unspecified atom stereocenters. The molecule has 1 N–H and O–H groups in total. The molecule has 0 fully saturated rings. The van der Waals surface area contributed by atoms with Crippen LogP contribution in [-0.4, -0.2) is 37.5 Å². The number of aromatic nitrogens is 2. The van der Waals surface area contributed by atoms with Crippen LogP contribution in [0.25, 0.3) is 0 Å². The van der Waals surface area contributed by atoms with Crippen LogP contribution < -0.4 is 9.46 Å². The van der Waals surface area contributed by atoms with Gasteiger partial charge in [-0.15, -0.1) is 0 Å². The minimum Gasteiger partial charge on any atom is -0.438 e. The van der Waals surface area contributed by atoms with E-state index in [-0.39, 0.29) is 19.3 Å². The number of benzene rings is 1.